The van der Waals surface area contributed by atoms with Crippen LogP contribution in [0.1, 0.15) is 52.4 Å². The maximum atomic E-state index is 12.2. The predicted octanol–water partition coefficient (Wildman–Crippen LogP) is 3.22. The SMILES string of the molecule is CC1(C)CC(=O)C2=C(C1)O[C@@H]1CCCC[C@@H]21. The Morgan fingerprint density at radius 3 is 2.75 bits per heavy atom. The van der Waals surface area contributed by atoms with Crippen LogP contribution in [-0.2, 0) is 9.53 Å². The van der Waals surface area contributed by atoms with E-state index in [1.54, 1.807) is 0 Å². The van der Waals surface area contributed by atoms with Crippen LogP contribution >= 0.6 is 0 Å². The quantitative estimate of drug-likeness (QED) is 0.626. The number of hydrogen-bond donors (Lipinski definition) is 0. The van der Waals surface area contributed by atoms with E-state index in [0.29, 0.717) is 24.2 Å². The molecule has 0 radical (unpaired) electrons. The van der Waals surface area contributed by atoms with Crippen LogP contribution in [-0.4, -0.2) is 11.9 Å². The summed E-state index contributed by atoms with van der Waals surface area (Å²) in [5, 5.41) is 0. The smallest absolute Gasteiger partial charge is 0.163 e. The molecule has 1 fully saturated rings. The fourth-order valence-corrected chi connectivity index (χ4v) is 3.55. The molecule has 0 amide bonds. The van der Waals surface area contributed by atoms with Crippen LogP contribution in [0.15, 0.2) is 11.3 Å². The van der Waals surface area contributed by atoms with Crippen molar-refractivity contribution in [3.63, 3.8) is 0 Å². The second kappa shape index (κ2) is 3.35. The van der Waals surface area contributed by atoms with E-state index in [2.05, 4.69) is 13.8 Å². The molecule has 0 aromatic carbocycles. The van der Waals surface area contributed by atoms with Gasteiger partial charge in [0.05, 0.1) is 0 Å². The second-order valence-corrected chi connectivity index (χ2v) is 6.33. The Morgan fingerprint density at radius 2 is 1.94 bits per heavy atom. The average Bonchev–Trinajstić information content (AvgIpc) is 2.52. The van der Waals surface area contributed by atoms with Gasteiger partial charge in [-0.25, -0.2) is 0 Å². The van der Waals surface area contributed by atoms with E-state index < -0.39 is 0 Å². The van der Waals surface area contributed by atoms with E-state index >= 15 is 0 Å². The Hall–Kier alpha value is -0.790. The third kappa shape index (κ3) is 1.50. The van der Waals surface area contributed by atoms with E-state index in [9.17, 15) is 4.79 Å². The minimum Gasteiger partial charge on any atom is -0.494 e. The molecule has 1 heterocycles. The number of rotatable bonds is 0. The largest absolute Gasteiger partial charge is 0.494 e. The number of Topliss-reactive ketones (excluding diaryl/α,β-unsaturated/α-hetero) is 1. The highest BCUT2D eigenvalue weighted by molar-refractivity contribution is 5.98. The molecule has 0 N–H and O–H groups in total. The van der Waals surface area contributed by atoms with Gasteiger partial charge in [-0.3, -0.25) is 4.79 Å². The molecular formula is C14H20O2. The van der Waals surface area contributed by atoms with E-state index in [1.807, 2.05) is 0 Å². The molecule has 0 bridgehead atoms. The minimum atomic E-state index is 0.101. The lowest BCUT2D eigenvalue weighted by molar-refractivity contribution is -0.118. The maximum absolute atomic E-state index is 12.2. The van der Waals surface area contributed by atoms with E-state index in [4.69, 9.17) is 4.74 Å². The number of ketones is 1. The Balaban J connectivity index is 1.93. The molecule has 2 heteroatoms. The van der Waals surface area contributed by atoms with Gasteiger partial charge in [0.15, 0.2) is 5.78 Å². The van der Waals surface area contributed by atoms with Gasteiger partial charge >= 0.3 is 0 Å². The third-order valence-corrected chi connectivity index (χ3v) is 4.25. The number of hydrogen-bond acceptors (Lipinski definition) is 2. The Labute approximate surface area is 97.1 Å². The van der Waals surface area contributed by atoms with E-state index in [1.165, 1.54) is 12.8 Å². The summed E-state index contributed by atoms with van der Waals surface area (Å²) in [6.07, 6.45) is 6.83. The number of carbonyl (C=O) groups excluding carboxylic acids is 1. The highest BCUT2D eigenvalue weighted by Gasteiger charge is 2.46. The van der Waals surface area contributed by atoms with Crippen molar-refractivity contribution >= 4 is 5.78 Å². The predicted molar refractivity (Wildman–Crippen MR) is 61.9 cm³/mol. The van der Waals surface area contributed by atoms with Gasteiger partial charge in [-0.2, -0.15) is 0 Å². The first kappa shape index (κ1) is 10.4. The number of fused-ring (bicyclic) bond motifs is 2. The van der Waals surface area contributed by atoms with Crippen molar-refractivity contribution in [2.24, 2.45) is 11.3 Å². The minimum absolute atomic E-state index is 0.101. The monoisotopic (exact) mass is 220 g/mol. The first-order chi connectivity index (χ1) is 7.57. The van der Waals surface area contributed by atoms with Gasteiger partial charge in [0.1, 0.15) is 11.9 Å². The van der Waals surface area contributed by atoms with Gasteiger partial charge in [-0.05, 0) is 24.7 Å². The van der Waals surface area contributed by atoms with Crippen molar-refractivity contribution in [3.8, 4) is 0 Å². The van der Waals surface area contributed by atoms with Crippen molar-refractivity contribution < 1.29 is 9.53 Å². The van der Waals surface area contributed by atoms with Crippen LogP contribution in [0.25, 0.3) is 0 Å². The molecule has 2 aliphatic carbocycles. The Kier molecular flexibility index (Phi) is 2.17. The zero-order valence-corrected chi connectivity index (χ0v) is 10.2. The van der Waals surface area contributed by atoms with Crippen molar-refractivity contribution in [2.75, 3.05) is 0 Å². The highest BCUT2D eigenvalue weighted by atomic mass is 16.5. The Bertz CT molecular complexity index is 365. The molecule has 0 aromatic rings. The molecule has 0 unspecified atom stereocenters. The first-order valence-corrected chi connectivity index (χ1v) is 6.50. The Morgan fingerprint density at radius 1 is 1.19 bits per heavy atom. The van der Waals surface area contributed by atoms with Crippen LogP contribution in [0.2, 0.25) is 0 Å². The van der Waals surface area contributed by atoms with Gasteiger partial charge in [-0.15, -0.1) is 0 Å². The van der Waals surface area contributed by atoms with Gasteiger partial charge in [0, 0.05) is 24.3 Å². The molecule has 2 nitrogen and oxygen atoms in total. The molecule has 1 aliphatic heterocycles. The summed E-state index contributed by atoms with van der Waals surface area (Å²) in [7, 11) is 0. The molecular weight excluding hydrogens is 200 g/mol. The summed E-state index contributed by atoms with van der Waals surface area (Å²) < 4.78 is 6.03. The number of ether oxygens (including phenoxy) is 1. The molecule has 3 aliphatic rings. The summed E-state index contributed by atoms with van der Waals surface area (Å²) in [5.41, 5.74) is 1.17. The van der Waals surface area contributed by atoms with Gasteiger partial charge < -0.3 is 4.74 Å². The highest BCUT2D eigenvalue weighted by Crippen LogP contribution is 2.48. The summed E-state index contributed by atoms with van der Waals surface area (Å²) in [6, 6.07) is 0. The molecule has 0 spiro atoms. The maximum Gasteiger partial charge on any atom is 0.163 e. The van der Waals surface area contributed by atoms with Crippen LogP contribution in [0.4, 0.5) is 0 Å². The fraction of sp³-hybridized carbons (Fsp3) is 0.786. The van der Waals surface area contributed by atoms with E-state index in [-0.39, 0.29) is 5.41 Å². The molecule has 16 heavy (non-hydrogen) atoms. The van der Waals surface area contributed by atoms with Gasteiger partial charge in [-0.1, -0.05) is 20.3 Å². The van der Waals surface area contributed by atoms with Crippen LogP contribution in [0.3, 0.4) is 0 Å². The molecule has 88 valence electrons. The molecule has 3 rings (SSSR count). The second-order valence-electron chi connectivity index (χ2n) is 6.33. The lowest BCUT2D eigenvalue weighted by atomic mass is 9.72. The molecule has 1 saturated carbocycles. The standard InChI is InChI=1S/C14H20O2/c1-14(2)7-10(15)13-9-5-3-4-6-11(9)16-12(13)8-14/h9,11H,3-8H2,1-2H3/t9-,11-/m1/s1. The summed E-state index contributed by atoms with van der Waals surface area (Å²) in [6.45, 7) is 4.33. The third-order valence-electron chi connectivity index (χ3n) is 4.25. The first-order valence-electron chi connectivity index (χ1n) is 6.50. The number of carbonyl (C=O) groups is 1. The molecule has 2 atom stereocenters. The topological polar surface area (TPSA) is 26.3 Å². The fourth-order valence-electron chi connectivity index (χ4n) is 3.55. The summed E-state index contributed by atoms with van der Waals surface area (Å²) >= 11 is 0. The summed E-state index contributed by atoms with van der Waals surface area (Å²) in [4.78, 5) is 12.2. The zero-order chi connectivity index (χ0) is 11.3. The van der Waals surface area contributed by atoms with Gasteiger partial charge in [0.25, 0.3) is 0 Å². The zero-order valence-electron chi connectivity index (χ0n) is 10.2. The average molecular weight is 220 g/mol. The van der Waals surface area contributed by atoms with Crippen molar-refractivity contribution in [1.29, 1.82) is 0 Å². The lowest BCUT2D eigenvalue weighted by Gasteiger charge is -2.29. The summed E-state index contributed by atoms with van der Waals surface area (Å²) in [5.74, 6) is 1.84. The van der Waals surface area contributed by atoms with E-state index in [0.717, 1.165) is 30.6 Å². The molecule has 0 saturated heterocycles. The normalized spacial score (nSPS) is 36.8. The van der Waals surface area contributed by atoms with Crippen molar-refractivity contribution in [1.82, 2.24) is 0 Å². The number of allylic oxidation sites excluding steroid dienone is 1. The lowest BCUT2D eigenvalue weighted by Crippen LogP contribution is -2.28. The van der Waals surface area contributed by atoms with Crippen LogP contribution < -0.4 is 0 Å². The van der Waals surface area contributed by atoms with Gasteiger partial charge in [0.2, 0.25) is 0 Å². The van der Waals surface area contributed by atoms with Crippen molar-refractivity contribution in [2.45, 2.75) is 58.5 Å². The van der Waals surface area contributed by atoms with Crippen LogP contribution in [0.5, 0.6) is 0 Å². The molecule has 0 aromatic heterocycles. The van der Waals surface area contributed by atoms with Crippen molar-refractivity contribution in [3.05, 3.63) is 11.3 Å². The van der Waals surface area contributed by atoms with Crippen LogP contribution in [0, 0.1) is 11.3 Å².